The molecule has 98 valence electrons. The lowest BCUT2D eigenvalue weighted by Gasteiger charge is -2.05. The molecule has 2 aromatic rings. The summed E-state index contributed by atoms with van der Waals surface area (Å²) in [5.41, 5.74) is 0.621. The fourth-order valence-electron chi connectivity index (χ4n) is 1.38. The third-order valence-corrected chi connectivity index (χ3v) is 2.83. The van der Waals surface area contributed by atoms with Gasteiger partial charge in [-0.25, -0.2) is 4.98 Å². The second-order valence-electron chi connectivity index (χ2n) is 3.61. The molecular weight excluding hydrogens is 291 g/mol. The number of ether oxygens (including phenoxy) is 1. The van der Waals surface area contributed by atoms with Crippen LogP contribution in [0.5, 0.6) is 11.6 Å². The smallest absolute Gasteiger partial charge is 0.313 e. The predicted molar refractivity (Wildman–Crippen MR) is 72.0 cm³/mol. The number of alkyl halides is 1. The molecule has 0 saturated heterocycles. The molecule has 2 rings (SSSR count). The number of nitro groups is 1. The third kappa shape index (κ3) is 3.33. The molecule has 0 aliphatic carbocycles. The number of pyridine rings is 1. The molecule has 0 atom stereocenters. The number of halogens is 2. The van der Waals surface area contributed by atoms with Crippen molar-refractivity contribution in [3.63, 3.8) is 0 Å². The van der Waals surface area contributed by atoms with E-state index in [0.717, 1.165) is 5.56 Å². The van der Waals surface area contributed by atoms with Gasteiger partial charge < -0.3 is 4.74 Å². The largest absolute Gasteiger partial charge is 0.432 e. The molecule has 1 aromatic carbocycles. The minimum atomic E-state index is -0.561. The Bertz CT molecular complexity index is 602. The minimum Gasteiger partial charge on any atom is -0.432 e. The summed E-state index contributed by atoms with van der Waals surface area (Å²) in [6.07, 6.45) is 1.55. The van der Waals surface area contributed by atoms with E-state index < -0.39 is 4.92 Å². The predicted octanol–water partition coefficient (Wildman–Crippen LogP) is 4.17. The van der Waals surface area contributed by atoms with Crippen LogP contribution in [0.15, 0.2) is 36.5 Å². The van der Waals surface area contributed by atoms with Crippen LogP contribution >= 0.6 is 23.2 Å². The molecule has 0 aliphatic heterocycles. The summed E-state index contributed by atoms with van der Waals surface area (Å²) in [4.78, 5) is 14.3. The van der Waals surface area contributed by atoms with E-state index in [0.29, 0.717) is 5.88 Å². The Hall–Kier alpha value is -1.85. The SMILES string of the molecule is O=[N+]([O-])c1cc(Cl)ccc1Oc1ccc(CCl)cn1. The Morgan fingerprint density at radius 2 is 2.11 bits per heavy atom. The van der Waals surface area contributed by atoms with Crippen LogP contribution < -0.4 is 4.74 Å². The maximum Gasteiger partial charge on any atom is 0.313 e. The molecule has 0 radical (unpaired) electrons. The first-order valence-corrected chi connectivity index (χ1v) is 6.14. The van der Waals surface area contributed by atoms with Crippen LogP contribution in [0.4, 0.5) is 5.69 Å². The number of hydrogen-bond acceptors (Lipinski definition) is 4. The standard InChI is InChI=1S/C12H8Cl2N2O3/c13-6-8-1-4-12(15-7-8)19-11-3-2-9(14)5-10(11)16(17)18/h1-5,7H,6H2. The van der Waals surface area contributed by atoms with Gasteiger partial charge in [0.2, 0.25) is 11.6 Å². The number of nitrogens with zero attached hydrogens (tertiary/aromatic N) is 2. The lowest BCUT2D eigenvalue weighted by atomic mass is 10.3. The molecule has 0 spiro atoms. The van der Waals surface area contributed by atoms with Crippen LogP contribution in [0.25, 0.3) is 0 Å². The topological polar surface area (TPSA) is 65.3 Å². The fourth-order valence-corrected chi connectivity index (χ4v) is 1.71. The van der Waals surface area contributed by atoms with E-state index in [2.05, 4.69) is 4.98 Å². The zero-order valence-corrected chi connectivity index (χ0v) is 11.1. The number of nitro benzene ring substituents is 1. The molecule has 0 bridgehead atoms. The average molecular weight is 299 g/mol. The average Bonchev–Trinajstić information content (AvgIpc) is 2.41. The summed E-state index contributed by atoms with van der Waals surface area (Å²) in [6.45, 7) is 0. The van der Waals surface area contributed by atoms with Gasteiger partial charge in [0.25, 0.3) is 0 Å². The van der Waals surface area contributed by atoms with E-state index in [1.807, 2.05) is 0 Å². The molecule has 7 heteroatoms. The first kappa shape index (κ1) is 13.6. The summed E-state index contributed by atoms with van der Waals surface area (Å²) in [5.74, 6) is 0.675. The monoisotopic (exact) mass is 298 g/mol. The lowest BCUT2D eigenvalue weighted by molar-refractivity contribution is -0.385. The second-order valence-corrected chi connectivity index (χ2v) is 4.31. The summed E-state index contributed by atoms with van der Waals surface area (Å²) in [6, 6.07) is 7.49. The zero-order chi connectivity index (χ0) is 13.8. The highest BCUT2D eigenvalue weighted by Gasteiger charge is 2.16. The molecule has 0 N–H and O–H groups in total. The van der Waals surface area contributed by atoms with Crippen molar-refractivity contribution in [1.29, 1.82) is 0 Å². The van der Waals surface area contributed by atoms with Crippen molar-refractivity contribution in [1.82, 2.24) is 4.98 Å². The van der Waals surface area contributed by atoms with E-state index in [9.17, 15) is 10.1 Å². The van der Waals surface area contributed by atoms with Crippen LogP contribution in [0.3, 0.4) is 0 Å². The molecule has 19 heavy (non-hydrogen) atoms. The van der Waals surface area contributed by atoms with E-state index in [1.54, 1.807) is 18.3 Å². The van der Waals surface area contributed by atoms with Crippen molar-refractivity contribution < 1.29 is 9.66 Å². The third-order valence-electron chi connectivity index (χ3n) is 2.28. The van der Waals surface area contributed by atoms with Crippen molar-refractivity contribution in [3.05, 3.63) is 57.2 Å². The number of aromatic nitrogens is 1. The minimum absolute atomic E-state index is 0.0838. The van der Waals surface area contributed by atoms with E-state index in [-0.39, 0.29) is 22.3 Å². The first-order chi connectivity index (χ1) is 9.10. The quantitative estimate of drug-likeness (QED) is 0.482. The summed E-state index contributed by atoms with van der Waals surface area (Å²) >= 11 is 11.4. The van der Waals surface area contributed by atoms with Crippen molar-refractivity contribution in [3.8, 4) is 11.6 Å². The van der Waals surface area contributed by atoms with E-state index in [1.165, 1.54) is 18.2 Å². The molecule has 1 aromatic heterocycles. The van der Waals surface area contributed by atoms with Gasteiger partial charge in [0.05, 0.1) is 4.92 Å². The Balaban J connectivity index is 2.29. The Labute approximate surface area is 118 Å². The summed E-state index contributed by atoms with van der Waals surface area (Å²) in [7, 11) is 0. The van der Waals surface area contributed by atoms with Crippen molar-refractivity contribution in [2.24, 2.45) is 0 Å². The first-order valence-electron chi connectivity index (χ1n) is 5.23. The fraction of sp³-hybridized carbons (Fsp3) is 0.0833. The van der Waals surface area contributed by atoms with Gasteiger partial charge in [-0.1, -0.05) is 17.7 Å². The number of benzene rings is 1. The zero-order valence-electron chi connectivity index (χ0n) is 9.55. The van der Waals surface area contributed by atoms with E-state index in [4.69, 9.17) is 27.9 Å². The summed E-state index contributed by atoms with van der Waals surface area (Å²) in [5, 5.41) is 11.2. The van der Waals surface area contributed by atoms with Crippen LogP contribution in [0.1, 0.15) is 5.56 Å². The highest BCUT2D eigenvalue weighted by molar-refractivity contribution is 6.30. The molecule has 0 saturated carbocycles. The maximum atomic E-state index is 10.9. The number of hydrogen-bond donors (Lipinski definition) is 0. The Morgan fingerprint density at radius 1 is 1.32 bits per heavy atom. The maximum absolute atomic E-state index is 10.9. The van der Waals surface area contributed by atoms with Gasteiger partial charge in [-0.15, -0.1) is 11.6 Å². The highest BCUT2D eigenvalue weighted by atomic mass is 35.5. The second kappa shape index (κ2) is 5.86. The van der Waals surface area contributed by atoms with Gasteiger partial charge in [-0.2, -0.15) is 0 Å². The molecule has 0 aliphatic rings. The molecule has 5 nitrogen and oxygen atoms in total. The van der Waals surface area contributed by atoms with Crippen LogP contribution in [0, 0.1) is 10.1 Å². The van der Waals surface area contributed by atoms with Crippen molar-refractivity contribution in [2.45, 2.75) is 5.88 Å². The van der Waals surface area contributed by atoms with Crippen LogP contribution in [-0.4, -0.2) is 9.91 Å². The van der Waals surface area contributed by atoms with Gasteiger partial charge in [0.1, 0.15) is 0 Å². The molecular formula is C12H8Cl2N2O3. The van der Waals surface area contributed by atoms with Crippen molar-refractivity contribution in [2.75, 3.05) is 0 Å². The molecule has 0 amide bonds. The highest BCUT2D eigenvalue weighted by Crippen LogP contribution is 2.32. The number of rotatable bonds is 4. The van der Waals surface area contributed by atoms with E-state index >= 15 is 0 Å². The van der Waals surface area contributed by atoms with Gasteiger partial charge in [-0.3, -0.25) is 10.1 Å². The summed E-state index contributed by atoms with van der Waals surface area (Å²) < 4.78 is 5.37. The molecule has 0 unspecified atom stereocenters. The van der Waals surface area contributed by atoms with Gasteiger partial charge in [-0.05, 0) is 17.7 Å². The van der Waals surface area contributed by atoms with Crippen molar-refractivity contribution >= 4 is 28.9 Å². The lowest BCUT2D eigenvalue weighted by Crippen LogP contribution is -1.95. The Morgan fingerprint density at radius 3 is 2.68 bits per heavy atom. The van der Waals surface area contributed by atoms with Crippen LogP contribution in [0.2, 0.25) is 5.02 Å². The molecule has 1 heterocycles. The molecule has 0 fully saturated rings. The van der Waals surface area contributed by atoms with Gasteiger partial charge in [0, 0.05) is 29.2 Å². The van der Waals surface area contributed by atoms with Crippen LogP contribution in [-0.2, 0) is 5.88 Å². The van der Waals surface area contributed by atoms with Gasteiger partial charge >= 0.3 is 5.69 Å². The normalized spacial score (nSPS) is 10.2. The Kier molecular flexibility index (Phi) is 4.19. The van der Waals surface area contributed by atoms with Gasteiger partial charge in [0.15, 0.2) is 0 Å².